The number of esters is 1. The molecule has 0 spiro atoms. The first kappa shape index (κ1) is 19.1. The number of benzene rings is 1. The monoisotopic (exact) mass is 380 g/mol. The summed E-state index contributed by atoms with van der Waals surface area (Å²) >= 11 is 0. The van der Waals surface area contributed by atoms with E-state index in [9.17, 15) is 9.59 Å². The van der Waals surface area contributed by atoms with Crippen molar-refractivity contribution in [1.29, 1.82) is 0 Å². The van der Waals surface area contributed by atoms with Gasteiger partial charge in [0.2, 0.25) is 0 Å². The van der Waals surface area contributed by atoms with Crippen LogP contribution in [0.4, 0.5) is 5.82 Å². The molecule has 1 aromatic carbocycles. The topological polar surface area (TPSA) is 106 Å². The molecule has 2 N–H and O–H groups in total. The van der Waals surface area contributed by atoms with Gasteiger partial charge in [0.1, 0.15) is 11.4 Å². The van der Waals surface area contributed by atoms with E-state index in [1.54, 1.807) is 13.2 Å². The summed E-state index contributed by atoms with van der Waals surface area (Å²) in [6, 6.07) is 12.6. The van der Waals surface area contributed by atoms with Crippen molar-refractivity contribution in [2.24, 2.45) is 0 Å². The molecule has 1 amide bonds. The van der Waals surface area contributed by atoms with Gasteiger partial charge in [0.15, 0.2) is 5.82 Å². The number of pyridine rings is 1. The van der Waals surface area contributed by atoms with Crippen molar-refractivity contribution in [1.82, 2.24) is 15.2 Å². The lowest BCUT2D eigenvalue weighted by Crippen LogP contribution is -2.13. The standard InChI is InChI=1S/C20H20N4O4/c1-27-16-5-3-4-13(10-16)6-8-15-11-18(24-23-15)22-19(25)14-7-9-17(21-12-14)20(26)28-2/h3-5,7,9-12H,6,8H2,1-2H3,(H2,22,23,24,25). The number of nitrogens with zero attached hydrogens (tertiary/aromatic N) is 2. The predicted octanol–water partition coefficient (Wildman–Crippen LogP) is 2.64. The van der Waals surface area contributed by atoms with E-state index in [0.29, 0.717) is 11.4 Å². The summed E-state index contributed by atoms with van der Waals surface area (Å²) in [5, 5.41) is 9.73. The summed E-state index contributed by atoms with van der Waals surface area (Å²) in [6.07, 6.45) is 2.87. The number of ether oxygens (including phenoxy) is 2. The highest BCUT2D eigenvalue weighted by Gasteiger charge is 2.12. The Labute approximate surface area is 161 Å². The second-order valence-electron chi connectivity index (χ2n) is 6.01. The summed E-state index contributed by atoms with van der Waals surface area (Å²) in [7, 11) is 2.91. The number of nitrogens with one attached hydrogen (secondary N) is 2. The van der Waals surface area contributed by atoms with Crippen molar-refractivity contribution >= 4 is 17.7 Å². The van der Waals surface area contributed by atoms with E-state index in [-0.39, 0.29) is 11.6 Å². The van der Waals surface area contributed by atoms with Crippen LogP contribution in [-0.4, -0.2) is 41.3 Å². The zero-order chi connectivity index (χ0) is 19.9. The number of rotatable bonds is 7. The van der Waals surface area contributed by atoms with Crippen molar-refractivity contribution in [2.45, 2.75) is 12.8 Å². The van der Waals surface area contributed by atoms with Crippen LogP contribution in [0.25, 0.3) is 0 Å². The Morgan fingerprint density at radius 3 is 2.68 bits per heavy atom. The molecule has 0 atom stereocenters. The van der Waals surface area contributed by atoms with Crippen molar-refractivity contribution in [3.05, 3.63) is 71.2 Å². The Hall–Kier alpha value is -3.68. The van der Waals surface area contributed by atoms with Crippen LogP contribution in [0.3, 0.4) is 0 Å². The molecule has 3 aromatic rings. The first-order valence-corrected chi connectivity index (χ1v) is 8.62. The first-order chi connectivity index (χ1) is 13.6. The van der Waals surface area contributed by atoms with Crippen LogP contribution in [-0.2, 0) is 17.6 Å². The van der Waals surface area contributed by atoms with Crippen LogP contribution < -0.4 is 10.1 Å². The quantitative estimate of drug-likeness (QED) is 0.611. The Bertz CT molecular complexity index is 966. The van der Waals surface area contributed by atoms with E-state index < -0.39 is 5.97 Å². The van der Waals surface area contributed by atoms with Gasteiger partial charge in [-0.3, -0.25) is 9.89 Å². The maximum absolute atomic E-state index is 12.3. The number of aryl methyl sites for hydroxylation is 2. The summed E-state index contributed by atoms with van der Waals surface area (Å²) in [5.41, 5.74) is 2.50. The molecule has 0 bridgehead atoms. The average molecular weight is 380 g/mol. The van der Waals surface area contributed by atoms with Crippen LogP contribution in [0, 0.1) is 0 Å². The maximum atomic E-state index is 12.3. The largest absolute Gasteiger partial charge is 0.497 e. The lowest BCUT2D eigenvalue weighted by atomic mass is 10.1. The van der Waals surface area contributed by atoms with Crippen molar-refractivity contribution < 1.29 is 19.1 Å². The number of methoxy groups -OCH3 is 2. The van der Waals surface area contributed by atoms with Gasteiger partial charge in [-0.2, -0.15) is 5.10 Å². The van der Waals surface area contributed by atoms with Crippen LogP contribution in [0.1, 0.15) is 32.1 Å². The minimum Gasteiger partial charge on any atom is -0.497 e. The number of anilines is 1. The van der Waals surface area contributed by atoms with Gasteiger partial charge in [0.25, 0.3) is 5.91 Å². The fourth-order valence-electron chi connectivity index (χ4n) is 2.60. The van der Waals surface area contributed by atoms with E-state index in [2.05, 4.69) is 25.2 Å². The summed E-state index contributed by atoms with van der Waals surface area (Å²) in [6.45, 7) is 0. The molecule has 8 nitrogen and oxygen atoms in total. The first-order valence-electron chi connectivity index (χ1n) is 8.62. The molecule has 2 heterocycles. The highest BCUT2D eigenvalue weighted by atomic mass is 16.5. The molecule has 0 aliphatic rings. The molecule has 0 fully saturated rings. The normalized spacial score (nSPS) is 10.4. The highest BCUT2D eigenvalue weighted by Crippen LogP contribution is 2.15. The molecule has 0 saturated heterocycles. The van der Waals surface area contributed by atoms with Gasteiger partial charge < -0.3 is 14.8 Å². The van der Waals surface area contributed by atoms with E-state index in [1.165, 1.54) is 25.4 Å². The molecule has 0 unspecified atom stereocenters. The van der Waals surface area contributed by atoms with Gasteiger partial charge in [-0.25, -0.2) is 9.78 Å². The molecule has 0 aliphatic heterocycles. The third-order valence-corrected chi connectivity index (χ3v) is 4.11. The SMILES string of the molecule is COC(=O)c1ccc(C(=O)Nc2cc(CCc3cccc(OC)c3)[nH]n2)cn1. The predicted molar refractivity (Wildman–Crippen MR) is 103 cm³/mol. The highest BCUT2D eigenvalue weighted by molar-refractivity contribution is 6.03. The third-order valence-electron chi connectivity index (χ3n) is 4.11. The third kappa shape index (κ3) is 4.73. The fraction of sp³-hybridized carbons (Fsp3) is 0.200. The number of hydrogen-bond acceptors (Lipinski definition) is 6. The van der Waals surface area contributed by atoms with E-state index >= 15 is 0 Å². The minimum absolute atomic E-state index is 0.138. The van der Waals surface area contributed by atoms with Crippen molar-refractivity contribution in [2.75, 3.05) is 19.5 Å². The van der Waals surface area contributed by atoms with Crippen LogP contribution in [0.15, 0.2) is 48.7 Å². The Morgan fingerprint density at radius 2 is 1.96 bits per heavy atom. The molecular weight excluding hydrogens is 360 g/mol. The van der Waals surface area contributed by atoms with E-state index in [0.717, 1.165) is 29.8 Å². The Balaban J connectivity index is 1.57. The van der Waals surface area contributed by atoms with Gasteiger partial charge in [-0.15, -0.1) is 0 Å². The number of amides is 1. The zero-order valence-electron chi connectivity index (χ0n) is 15.6. The maximum Gasteiger partial charge on any atom is 0.356 e. The van der Waals surface area contributed by atoms with E-state index in [1.807, 2.05) is 24.3 Å². The number of aromatic amines is 1. The molecule has 28 heavy (non-hydrogen) atoms. The Morgan fingerprint density at radius 1 is 1.11 bits per heavy atom. The van der Waals surface area contributed by atoms with Gasteiger partial charge >= 0.3 is 5.97 Å². The number of H-pyrrole nitrogens is 1. The molecular formula is C20H20N4O4. The van der Waals surface area contributed by atoms with Gasteiger partial charge in [0.05, 0.1) is 19.8 Å². The smallest absolute Gasteiger partial charge is 0.356 e. The molecule has 8 heteroatoms. The molecule has 0 saturated carbocycles. The summed E-state index contributed by atoms with van der Waals surface area (Å²) in [5.74, 6) is 0.319. The number of hydrogen-bond donors (Lipinski definition) is 2. The van der Waals surface area contributed by atoms with Crippen LogP contribution in [0.5, 0.6) is 5.75 Å². The molecule has 0 radical (unpaired) electrons. The van der Waals surface area contributed by atoms with Gasteiger partial charge in [-0.05, 0) is 42.7 Å². The molecule has 0 aliphatic carbocycles. The molecule has 3 rings (SSSR count). The fourth-order valence-corrected chi connectivity index (χ4v) is 2.60. The van der Waals surface area contributed by atoms with Crippen LogP contribution in [0.2, 0.25) is 0 Å². The zero-order valence-corrected chi connectivity index (χ0v) is 15.6. The van der Waals surface area contributed by atoms with Gasteiger partial charge in [-0.1, -0.05) is 12.1 Å². The van der Waals surface area contributed by atoms with Crippen LogP contribution >= 0.6 is 0 Å². The average Bonchev–Trinajstić information content (AvgIpc) is 3.19. The summed E-state index contributed by atoms with van der Waals surface area (Å²) in [4.78, 5) is 27.6. The minimum atomic E-state index is -0.556. The number of carbonyl (C=O) groups excluding carboxylic acids is 2. The van der Waals surface area contributed by atoms with Crippen molar-refractivity contribution in [3.8, 4) is 5.75 Å². The lowest BCUT2D eigenvalue weighted by molar-refractivity contribution is 0.0593. The second kappa shape index (κ2) is 8.81. The van der Waals surface area contributed by atoms with Gasteiger partial charge in [0, 0.05) is 18.0 Å². The Kier molecular flexibility index (Phi) is 6.01. The summed E-state index contributed by atoms with van der Waals surface area (Å²) < 4.78 is 9.80. The second-order valence-corrected chi connectivity index (χ2v) is 6.01. The number of aromatic nitrogens is 3. The molecule has 2 aromatic heterocycles. The van der Waals surface area contributed by atoms with Crippen molar-refractivity contribution in [3.63, 3.8) is 0 Å². The lowest BCUT2D eigenvalue weighted by Gasteiger charge is -2.03. The molecule has 144 valence electrons. The van der Waals surface area contributed by atoms with E-state index in [4.69, 9.17) is 4.74 Å². The number of carbonyl (C=O) groups is 2.